The second-order valence-corrected chi connectivity index (χ2v) is 6.89. The summed E-state index contributed by atoms with van der Waals surface area (Å²) in [6.45, 7) is 4.12. The lowest BCUT2D eigenvalue weighted by atomic mass is 10.1. The molecule has 3 rings (SSSR count). The molecule has 26 heavy (non-hydrogen) atoms. The number of carbonyl (C=O) groups is 1. The van der Waals surface area contributed by atoms with Crippen LogP contribution in [-0.2, 0) is 4.79 Å². The normalized spacial score (nSPS) is 11.1. The fraction of sp³-hybridized carbons (Fsp3) is 0.200. The van der Waals surface area contributed by atoms with E-state index in [9.17, 15) is 4.79 Å². The van der Waals surface area contributed by atoms with Crippen molar-refractivity contribution in [2.24, 2.45) is 0 Å². The minimum absolute atomic E-state index is 0.229. The third-order valence-corrected chi connectivity index (χ3v) is 5.00. The standard InChI is InChI=1S/C20H20N2O3S/c1-12-9-15-18(10-13(12)2)26-20(21-15)22-19(23)8-6-14-5-7-16(24-3)17(11-14)25-4/h5-11H,1-4H3,(H,21,22,23)/b8-6+. The molecule has 0 aliphatic rings. The number of thiazole rings is 1. The Hall–Kier alpha value is -2.86. The van der Waals surface area contributed by atoms with Crippen LogP contribution in [0.15, 0.2) is 36.4 Å². The molecule has 0 aliphatic carbocycles. The van der Waals surface area contributed by atoms with Crippen LogP contribution in [0.25, 0.3) is 16.3 Å². The van der Waals surface area contributed by atoms with Crippen LogP contribution in [0, 0.1) is 13.8 Å². The molecule has 0 bridgehead atoms. The Balaban J connectivity index is 1.73. The molecular formula is C20H20N2O3S. The molecule has 1 N–H and O–H groups in total. The Kier molecular flexibility index (Phi) is 5.23. The van der Waals surface area contributed by atoms with E-state index in [2.05, 4.69) is 30.2 Å². The highest BCUT2D eigenvalue weighted by molar-refractivity contribution is 7.22. The van der Waals surface area contributed by atoms with Gasteiger partial charge in [0.05, 0.1) is 24.4 Å². The number of hydrogen-bond acceptors (Lipinski definition) is 5. The molecule has 1 aromatic heterocycles. The topological polar surface area (TPSA) is 60.5 Å². The van der Waals surface area contributed by atoms with Crippen molar-refractivity contribution in [3.8, 4) is 11.5 Å². The number of ether oxygens (including phenoxy) is 2. The molecule has 0 unspecified atom stereocenters. The number of rotatable bonds is 5. The second-order valence-electron chi connectivity index (χ2n) is 5.86. The quantitative estimate of drug-likeness (QED) is 0.670. The first-order chi connectivity index (χ1) is 12.5. The second kappa shape index (κ2) is 7.58. The molecule has 0 saturated heterocycles. The summed E-state index contributed by atoms with van der Waals surface area (Å²) < 4.78 is 11.5. The van der Waals surface area contributed by atoms with Gasteiger partial charge in [-0.2, -0.15) is 0 Å². The van der Waals surface area contributed by atoms with Crippen LogP contribution >= 0.6 is 11.3 Å². The molecule has 0 atom stereocenters. The van der Waals surface area contributed by atoms with Crippen molar-refractivity contribution in [3.63, 3.8) is 0 Å². The van der Waals surface area contributed by atoms with E-state index in [0.717, 1.165) is 15.8 Å². The molecule has 6 heteroatoms. The van der Waals surface area contributed by atoms with Crippen molar-refractivity contribution >= 4 is 38.7 Å². The van der Waals surface area contributed by atoms with E-state index >= 15 is 0 Å². The van der Waals surface area contributed by atoms with Crippen LogP contribution in [0.1, 0.15) is 16.7 Å². The van der Waals surface area contributed by atoms with Crippen molar-refractivity contribution in [2.75, 3.05) is 19.5 Å². The van der Waals surface area contributed by atoms with Gasteiger partial charge in [-0.1, -0.05) is 17.4 Å². The number of anilines is 1. The predicted octanol–water partition coefficient (Wildman–Crippen LogP) is 4.58. The molecule has 1 heterocycles. The first-order valence-corrected chi connectivity index (χ1v) is 8.90. The average molecular weight is 368 g/mol. The summed E-state index contributed by atoms with van der Waals surface area (Å²) in [5.74, 6) is 1.04. The van der Waals surface area contributed by atoms with Crippen LogP contribution in [0.4, 0.5) is 5.13 Å². The maximum Gasteiger partial charge on any atom is 0.250 e. The van der Waals surface area contributed by atoms with Crippen molar-refractivity contribution < 1.29 is 14.3 Å². The predicted molar refractivity (Wildman–Crippen MR) is 106 cm³/mol. The number of aromatic nitrogens is 1. The first-order valence-electron chi connectivity index (χ1n) is 8.09. The summed E-state index contributed by atoms with van der Waals surface area (Å²) in [5, 5.41) is 3.41. The molecular weight excluding hydrogens is 348 g/mol. The highest BCUT2D eigenvalue weighted by Crippen LogP contribution is 2.29. The molecule has 0 spiro atoms. The van der Waals surface area contributed by atoms with Gasteiger partial charge in [0.25, 0.3) is 0 Å². The van der Waals surface area contributed by atoms with Crippen LogP contribution < -0.4 is 14.8 Å². The smallest absolute Gasteiger partial charge is 0.250 e. The number of methoxy groups -OCH3 is 2. The lowest BCUT2D eigenvalue weighted by molar-refractivity contribution is -0.111. The fourth-order valence-corrected chi connectivity index (χ4v) is 3.46. The lowest BCUT2D eigenvalue weighted by Gasteiger charge is -2.07. The minimum atomic E-state index is -0.229. The highest BCUT2D eigenvalue weighted by atomic mass is 32.1. The fourth-order valence-electron chi connectivity index (χ4n) is 2.51. The van der Waals surface area contributed by atoms with E-state index in [1.54, 1.807) is 26.4 Å². The van der Waals surface area contributed by atoms with E-state index in [1.807, 2.05) is 18.2 Å². The maximum atomic E-state index is 12.2. The van der Waals surface area contributed by atoms with Gasteiger partial charge in [-0.15, -0.1) is 0 Å². The lowest BCUT2D eigenvalue weighted by Crippen LogP contribution is -2.07. The van der Waals surface area contributed by atoms with E-state index in [4.69, 9.17) is 9.47 Å². The van der Waals surface area contributed by atoms with Crippen molar-refractivity contribution in [1.82, 2.24) is 4.98 Å². The molecule has 3 aromatic rings. The van der Waals surface area contributed by atoms with Gasteiger partial charge in [-0.3, -0.25) is 10.1 Å². The highest BCUT2D eigenvalue weighted by Gasteiger charge is 2.08. The Morgan fingerprint density at radius 1 is 1.08 bits per heavy atom. The van der Waals surface area contributed by atoms with Crippen molar-refractivity contribution in [1.29, 1.82) is 0 Å². The maximum absolute atomic E-state index is 12.2. The number of benzene rings is 2. The Morgan fingerprint density at radius 2 is 1.81 bits per heavy atom. The van der Waals surface area contributed by atoms with Gasteiger partial charge in [0.15, 0.2) is 16.6 Å². The Labute approximate surface area is 156 Å². The molecule has 2 aromatic carbocycles. The van der Waals surface area contributed by atoms with Crippen LogP contribution in [-0.4, -0.2) is 25.1 Å². The van der Waals surface area contributed by atoms with Gasteiger partial charge in [-0.05, 0) is 60.9 Å². The molecule has 0 aliphatic heterocycles. The zero-order valence-corrected chi connectivity index (χ0v) is 15.9. The summed E-state index contributed by atoms with van der Waals surface area (Å²) in [5.41, 5.74) is 4.15. The third-order valence-electron chi connectivity index (χ3n) is 4.07. The van der Waals surface area contributed by atoms with E-state index in [-0.39, 0.29) is 5.91 Å². The van der Waals surface area contributed by atoms with Crippen LogP contribution in [0.3, 0.4) is 0 Å². The molecule has 0 fully saturated rings. The molecule has 0 saturated carbocycles. The monoisotopic (exact) mass is 368 g/mol. The molecule has 0 radical (unpaired) electrons. The van der Waals surface area contributed by atoms with Crippen molar-refractivity contribution in [2.45, 2.75) is 13.8 Å². The Morgan fingerprint density at radius 3 is 2.54 bits per heavy atom. The van der Waals surface area contributed by atoms with Gasteiger partial charge < -0.3 is 9.47 Å². The Bertz CT molecular complexity index is 953. The third kappa shape index (κ3) is 3.86. The number of carbonyl (C=O) groups excluding carboxylic acids is 1. The largest absolute Gasteiger partial charge is 0.493 e. The number of aryl methyl sites for hydroxylation is 2. The summed E-state index contributed by atoms with van der Waals surface area (Å²) in [4.78, 5) is 16.7. The summed E-state index contributed by atoms with van der Waals surface area (Å²) in [6, 6.07) is 9.60. The van der Waals surface area contributed by atoms with Gasteiger partial charge in [0.1, 0.15) is 0 Å². The number of nitrogens with one attached hydrogen (secondary N) is 1. The minimum Gasteiger partial charge on any atom is -0.493 e. The zero-order valence-electron chi connectivity index (χ0n) is 15.1. The van der Waals surface area contributed by atoms with Crippen molar-refractivity contribution in [3.05, 3.63) is 53.1 Å². The van der Waals surface area contributed by atoms with Crippen LogP contribution in [0.2, 0.25) is 0 Å². The summed E-state index contributed by atoms with van der Waals surface area (Å²) >= 11 is 1.47. The molecule has 1 amide bonds. The summed E-state index contributed by atoms with van der Waals surface area (Å²) in [7, 11) is 3.16. The van der Waals surface area contributed by atoms with E-state index in [0.29, 0.717) is 16.6 Å². The van der Waals surface area contributed by atoms with Crippen LogP contribution in [0.5, 0.6) is 11.5 Å². The number of fused-ring (bicyclic) bond motifs is 1. The number of nitrogens with zero attached hydrogens (tertiary/aromatic N) is 1. The SMILES string of the molecule is COc1ccc(/C=C/C(=O)Nc2nc3cc(C)c(C)cc3s2)cc1OC. The van der Waals surface area contributed by atoms with E-state index < -0.39 is 0 Å². The molecule has 5 nitrogen and oxygen atoms in total. The van der Waals surface area contributed by atoms with Gasteiger partial charge in [-0.25, -0.2) is 4.98 Å². The van der Waals surface area contributed by atoms with Gasteiger partial charge >= 0.3 is 0 Å². The van der Waals surface area contributed by atoms with Gasteiger partial charge in [0.2, 0.25) is 5.91 Å². The first kappa shape index (κ1) is 17.9. The molecule has 134 valence electrons. The number of amides is 1. The average Bonchev–Trinajstić information content (AvgIpc) is 3.00. The summed E-state index contributed by atoms with van der Waals surface area (Å²) in [6.07, 6.45) is 3.20. The van der Waals surface area contributed by atoms with Gasteiger partial charge in [0, 0.05) is 6.08 Å². The van der Waals surface area contributed by atoms with E-state index in [1.165, 1.54) is 28.5 Å². The number of hydrogen-bond donors (Lipinski definition) is 1. The zero-order chi connectivity index (χ0) is 18.7.